The van der Waals surface area contributed by atoms with Gasteiger partial charge in [-0.15, -0.1) is 5.10 Å². The third-order valence-corrected chi connectivity index (χ3v) is 12.5. The number of carbonyl (C=O) groups excluding carboxylic acids is 2. The van der Waals surface area contributed by atoms with Crippen LogP contribution in [0, 0.1) is 5.92 Å². The number of para-hydroxylation sites is 1. The first-order chi connectivity index (χ1) is 22.6. The smallest absolute Gasteiger partial charge is 0.264 e. The van der Waals surface area contributed by atoms with E-state index in [0.29, 0.717) is 55.7 Å². The molecule has 1 N–H and O–H groups in total. The van der Waals surface area contributed by atoms with Crippen molar-refractivity contribution >= 4 is 37.3 Å². The third-order valence-electron chi connectivity index (χ3n) is 10.1. The molecular formula is C36H40FN5O4Si. The van der Waals surface area contributed by atoms with E-state index in [1.54, 1.807) is 33.8 Å². The van der Waals surface area contributed by atoms with Gasteiger partial charge in [-0.05, 0) is 61.3 Å². The largest absolute Gasteiger partial charge is 0.396 e. The van der Waals surface area contributed by atoms with E-state index in [9.17, 15) is 14.7 Å². The zero-order valence-corrected chi connectivity index (χ0v) is 28.0. The Morgan fingerprint density at radius 3 is 2.55 bits per heavy atom. The van der Waals surface area contributed by atoms with Crippen LogP contribution in [0.1, 0.15) is 42.1 Å². The van der Waals surface area contributed by atoms with Gasteiger partial charge in [0.25, 0.3) is 5.91 Å². The first-order valence-electron chi connectivity index (χ1n) is 16.4. The molecule has 3 aliphatic rings. The minimum absolute atomic E-state index is 0.00925. The van der Waals surface area contributed by atoms with Crippen LogP contribution in [0.25, 0.3) is 0 Å². The number of halogens is 1. The van der Waals surface area contributed by atoms with E-state index >= 15 is 4.11 Å². The highest BCUT2D eigenvalue weighted by Crippen LogP contribution is 2.61. The number of benzene rings is 3. The van der Waals surface area contributed by atoms with Gasteiger partial charge in [-0.1, -0.05) is 60.7 Å². The van der Waals surface area contributed by atoms with E-state index < -0.39 is 31.6 Å². The van der Waals surface area contributed by atoms with Crippen LogP contribution in [-0.2, 0) is 45.9 Å². The van der Waals surface area contributed by atoms with Crippen molar-refractivity contribution in [3.05, 3.63) is 101 Å². The zero-order chi connectivity index (χ0) is 32.9. The lowest BCUT2D eigenvalue weighted by atomic mass is 9.82. The number of nitrogens with zero attached hydrogens (tertiary/aromatic N) is 5. The maximum atomic E-state index is 16.4. The summed E-state index contributed by atoms with van der Waals surface area (Å²) in [5.74, 6) is -0.681. The first kappa shape index (κ1) is 31.4. The van der Waals surface area contributed by atoms with Crippen molar-refractivity contribution < 1.29 is 23.5 Å². The van der Waals surface area contributed by atoms with Gasteiger partial charge >= 0.3 is 0 Å². The van der Waals surface area contributed by atoms with Crippen molar-refractivity contribution in [2.45, 2.75) is 76.0 Å². The molecule has 47 heavy (non-hydrogen) atoms. The molecule has 4 atom stereocenters. The van der Waals surface area contributed by atoms with E-state index in [4.69, 9.17) is 4.74 Å². The summed E-state index contributed by atoms with van der Waals surface area (Å²) in [6, 6.07) is 23.5. The molecule has 3 aliphatic heterocycles. The van der Waals surface area contributed by atoms with Gasteiger partial charge in [-0.2, -0.15) is 0 Å². The van der Waals surface area contributed by atoms with Crippen LogP contribution in [0.3, 0.4) is 0 Å². The fourth-order valence-corrected chi connectivity index (χ4v) is 10.6. The Hall–Kier alpha value is -4.19. The fourth-order valence-electron chi connectivity index (χ4n) is 8.01. The maximum absolute atomic E-state index is 16.4. The van der Waals surface area contributed by atoms with E-state index in [1.807, 2.05) is 79.7 Å². The Balaban J connectivity index is 1.32. The molecule has 0 radical (unpaired) electrons. The predicted molar refractivity (Wildman–Crippen MR) is 179 cm³/mol. The summed E-state index contributed by atoms with van der Waals surface area (Å²) in [5, 5.41) is 17.6. The maximum Gasteiger partial charge on any atom is 0.264 e. The number of carbonyl (C=O) groups is 2. The highest BCUT2D eigenvalue weighted by atomic mass is 28.4. The number of aromatic nitrogens is 3. The second-order valence-electron chi connectivity index (χ2n) is 13.4. The Morgan fingerprint density at radius 2 is 1.79 bits per heavy atom. The minimum atomic E-state index is -3.38. The lowest BCUT2D eigenvalue weighted by Crippen LogP contribution is -2.45. The molecule has 3 aromatic carbocycles. The van der Waals surface area contributed by atoms with Gasteiger partial charge in [0, 0.05) is 54.9 Å². The Bertz CT molecular complexity index is 1810. The van der Waals surface area contributed by atoms with Crippen LogP contribution in [-0.4, -0.2) is 53.0 Å². The van der Waals surface area contributed by atoms with E-state index in [-0.39, 0.29) is 18.4 Å². The Labute approximate surface area is 275 Å². The molecule has 4 aromatic rings. The summed E-state index contributed by atoms with van der Waals surface area (Å²) >= 11 is 0. The van der Waals surface area contributed by atoms with Crippen LogP contribution < -0.4 is 9.80 Å². The molecule has 1 saturated heterocycles. The number of aliphatic hydroxyl groups excluding tert-OH is 1. The van der Waals surface area contributed by atoms with Crippen molar-refractivity contribution in [2.75, 3.05) is 16.4 Å². The normalized spacial score (nSPS) is 23.9. The molecule has 244 valence electrons. The van der Waals surface area contributed by atoms with Crippen molar-refractivity contribution in [3.63, 3.8) is 0 Å². The number of ether oxygens (including phenoxy) is 1. The molecule has 2 amide bonds. The monoisotopic (exact) mass is 653 g/mol. The van der Waals surface area contributed by atoms with Gasteiger partial charge in [0.15, 0.2) is 5.60 Å². The van der Waals surface area contributed by atoms with Gasteiger partial charge < -0.3 is 18.9 Å². The zero-order valence-electron chi connectivity index (χ0n) is 27.0. The van der Waals surface area contributed by atoms with Gasteiger partial charge in [0.1, 0.15) is 0 Å². The quantitative estimate of drug-likeness (QED) is 0.180. The minimum Gasteiger partial charge on any atom is -0.396 e. The molecule has 11 heteroatoms. The number of amides is 2. The van der Waals surface area contributed by atoms with E-state index in [0.717, 1.165) is 22.5 Å². The number of aryl methyl sites for hydroxylation is 2. The Morgan fingerprint density at radius 1 is 1.02 bits per heavy atom. The predicted octanol–water partition coefficient (Wildman–Crippen LogP) is 5.84. The van der Waals surface area contributed by atoms with Crippen LogP contribution in [0.5, 0.6) is 0 Å². The third kappa shape index (κ3) is 5.40. The molecular weight excluding hydrogens is 614 g/mol. The molecule has 9 nitrogen and oxygen atoms in total. The molecule has 0 bridgehead atoms. The molecule has 0 unspecified atom stereocenters. The number of rotatable bonds is 9. The van der Waals surface area contributed by atoms with Gasteiger partial charge in [0.05, 0.1) is 29.7 Å². The lowest BCUT2D eigenvalue weighted by Gasteiger charge is -2.32. The molecule has 4 heterocycles. The van der Waals surface area contributed by atoms with Crippen molar-refractivity contribution in [2.24, 2.45) is 5.92 Å². The number of hydrogen-bond donors (Lipinski definition) is 1. The summed E-state index contributed by atoms with van der Waals surface area (Å²) in [6.07, 6.45) is 3.15. The van der Waals surface area contributed by atoms with E-state index in [2.05, 4.69) is 10.3 Å². The van der Waals surface area contributed by atoms with Crippen molar-refractivity contribution in [1.29, 1.82) is 0 Å². The van der Waals surface area contributed by atoms with Crippen molar-refractivity contribution in [3.8, 4) is 0 Å². The number of fused-ring (bicyclic) bond motifs is 3. The fraction of sp³-hybridized carbons (Fsp3) is 0.389. The molecule has 1 fully saturated rings. The molecule has 0 aliphatic carbocycles. The van der Waals surface area contributed by atoms with Crippen molar-refractivity contribution in [1.82, 2.24) is 15.0 Å². The number of aliphatic hydroxyl groups is 1. The Kier molecular flexibility index (Phi) is 8.10. The molecule has 7 rings (SSSR count). The van der Waals surface area contributed by atoms with Gasteiger partial charge in [-0.3, -0.25) is 19.2 Å². The molecule has 0 saturated carbocycles. The van der Waals surface area contributed by atoms with Gasteiger partial charge in [0.2, 0.25) is 14.3 Å². The lowest BCUT2D eigenvalue weighted by molar-refractivity contribution is -0.146. The topological polar surface area (TPSA) is 101 Å². The van der Waals surface area contributed by atoms with Crippen LogP contribution in [0.4, 0.5) is 21.2 Å². The number of anilines is 3. The van der Waals surface area contributed by atoms with E-state index in [1.165, 1.54) is 0 Å². The average Bonchev–Trinajstić information content (AvgIpc) is 3.70. The standard InChI is InChI=1S/C36H40FN5O4Si/c1-24-34(47(2,3)37)32(17-19-40-23-27(18-20-43)38-39-40)46-36(24)29-21-28(42-30-12-8-7-11-26(30)13-16-33(42)44)14-15-31(29)41(35(36)45)22-25-9-5-4-6-10-25/h4-12,14-15,21,23-24,32,34,43H,13,16-20,22H2,1-3H3/t24-,32+,34-,36+/m1/s1. The highest BCUT2D eigenvalue weighted by Gasteiger charge is 2.66. The van der Waals surface area contributed by atoms with Crippen LogP contribution in [0.15, 0.2) is 79.0 Å². The molecule has 1 aromatic heterocycles. The SMILES string of the molecule is C[C@@H]1[C@@H]([Si](C)(C)F)[C@H](CCn2cc(CCO)nn2)O[C@@]12C(=O)N(Cc1ccccc1)c1ccc(N3C(=O)CCc4ccccc43)cc12. The number of hydrogen-bond acceptors (Lipinski definition) is 6. The summed E-state index contributed by atoms with van der Waals surface area (Å²) in [7, 11) is -3.38. The summed E-state index contributed by atoms with van der Waals surface area (Å²) < 4.78 is 25.1. The summed E-state index contributed by atoms with van der Waals surface area (Å²) in [6.45, 7) is 6.09. The summed E-state index contributed by atoms with van der Waals surface area (Å²) in [5.41, 5.74) is 3.75. The highest BCUT2D eigenvalue weighted by molar-refractivity contribution is 6.72. The van der Waals surface area contributed by atoms with Crippen LogP contribution >= 0.6 is 0 Å². The molecule has 1 spiro atoms. The first-order valence-corrected chi connectivity index (χ1v) is 19.3. The second-order valence-corrected chi connectivity index (χ2v) is 17.2. The average molecular weight is 654 g/mol. The summed E-state index contributed by atoms with van der Waals surface area (Å²) in [4.78, 5) is 31.8. The van der Waals surface area contributed by atoms with Gasteiger partial charge in [-0.25, -0.2) is 0 Å². The van der Waals surface area contributed by atoms with Crippen LogP contribution in [0.2, 0.25) is 18.6 Å². The second kappa shape index (κ2) is 12.1.